The molecule has 0 bridgehead atoms. The lowest BCUT2D eigenvalue weighted by Gasteiger charge is -2.17. The van der Waals surface area contributed by atoms with E-state index >= 15 is 0 Å². The van der Waals surface area contributed by atoms with Crippen LogP contribution in [0.25, 0.3) is 0 Å². The highest BCUT2D eigenvalue weighted by atomic mass is 16.6. The summed E-state index contributed by atoms with van der Waals surface area (Å²) in [6.07, 6.45) is -0.244. The van der Waals surface area contributed by atoms with Crippen LogP contribution in [0.15, 0.2) is 84.0 Å². The molecular weight excluding hydrogens is 404 g/mol. The van der Waals surface area contributed by atoms with Crippen molar-refractivity contribution in [1.82, 2.24) is 5.32 Å². The summed E-state index contributed by atoms with van der Waals surface area (Å²) in [7, 11) is 3.20. The van der Waals surface area contributed by atoms with Crippen LogP contribution in [0, 0.1) is 0 Å². The number of nitrogens with zero attached hydrogens (tertiary/aromatic N) is 1. The number of oxime groups is 1. The van der Waals surface area contributed by atoms with Gasteiger partial charge < -0.3 is 19.6 Å². The van der Waals surface area contributed by atoms with E-state index in [4.69, 9.17) is 14.3 Å². The maximum atomic E-state index is 12.8. The number of hydrogen-bond acceptors (Lipinski definition) is 5. The Balaban J connectivity index is 1.45. The van der Waals surface area contributed by atoms with Crippen molar-refractivity contribution in [2.75, 3.05) is 14.2 Å². The van der Waals surface area contributed by atoms with Crippen molar-refractivity contribution >= 4 is 11.6 Å². The molecule has 4 rings (SSSR count). The lowest BCUT2D eigenvalue weighted by atomic mass is 9.85. The Morgan fingerprint density at radius 3 is 2.25 bits per heavy atom. The van der Waals surface area contributed by atoms with Crippen molar-refractivity contribution < 1.29 is 19.1 Å². The van der Waals surface area contributed by atoms with Gasteiger partial charge in [-0.15, -0.1) is 0 Å². The number of carbonyl (C=O) groups excluding carboxylic acids is 1. The summed E-state index contributed by atoms with van der Waals surface area (Å²) in [4.78, 5) is 18.4. The van der Waals surface area contributed by atoms with Gasteiger partial charge in [0.05, 0.1) is 25.8 Å². The molecule has 0 unspecified atom stereocenters. The number of methoxy groups -OCH3 is 2. The highest BCUT2D eigenvalue weighted by Crippen LogP contribution is 2.31. The van der Waals surface area contributed by atoms with Crippen molar-refractivity contribution in [3.8, 4) is 11.5 Å². The SMILES string of the molecule is COc1ccc(OC)c(CNC(=O)[C@H]2CC(C(c3ccccc3)c3ccccc3)=NO2)c1. The van der Waals surface area contributed by atoms with Gasteiger partial charge in [-0.05, 0) is 29.3 Å². The molecule has 1 atom stereocenters. The number of rotatable bonds is 8. The molecule has 0 saturated heterocycles. The Morgan fingerprint density at radius 2 is 1.66 bits per heavy atom. The Hall–Kier alpha value is -3.80. The molecule has 0 spiro atoms. The van der Waals surface area contributed by atoms with Gasteiger partial charge in [0.1, 0.15) is 11.5 Å². The van der Waals surface area contributed by atoms with E-state index in [1.54, 1.807) is 14.2 Å². The third-order valence-corrected chi connectivity index (χ3v) is 5.52. The Bertz CT molecular complexity index is 1040. The predicted molar refractivity (Wildman–Crippen MR) is 123 cm³/mol. The van der Waals surface area contributed by atoms with Gasteiger partial charge in [0.2, 0.25) is 6.10 Å². The highest BCUT2D eigenvalue weighted by molar-refractivity contribution is 5.98. The van der Waals surface area contributed by atoms with Gasteiger partial charge in [-0.25, -0.2) is 0 Å². The molecule has 0 fully saturated rings. The quantitative estimate of drug-likeness (QED) is 0.579. The van der Waals surface area contributed by atoms with Crippen LogP contribution in [0.4, 0.5) is 0 Å². The van der Waals surface area contributed by atoms with Crippen LogP contribution in [0.1, 0.15) is 29.0 Å². The Labute approximate surface area is 187 Å². The molecule has 1 aliphatic rings. The normalized spacial score (nSPS) is 15.1. The van der Waals surface area contributed by atoms with E-state index in [1.165, 1.54) is 0 Å². The van der Waals surface area contributed by atoms with Gasteiger partial charge in [0.15, 0.2) is 0 Å². The molecule has 1 amide bonds. The molecule has 0 radical (unpaired) electrons. The summed E-state index contributed by atoms with van der Waals surface area (Å²) in [6.45, 7) is 0.301. The third-order valence-electron chi connectivity index (χ3n) is 5.52. The number of carbonyl (C=O) groups is 1. The smallest absolute Gasteiger partial charge is 0.264 e. The lowest BCUT2D eigenvalue weighted by Crippen LogP contribution is -2.34. The third kappa shape index (κ3) is 4.75. The molecular formula is C26H26N2O4. The molecule has 1 aliphatic heterocycles. The summed E-state index contributed by atoms with van der Waals surface area (Å²) >= 11 is 0. The minimum Gasteiger partial charge on any atom is -0.497 e. The average Bonchev–Trinajstić information content (AvgIpc) is 3.33. The highest BCUT2D eigenvalue weighted by Gasteiger charge is 2.33. The second-order valence-electron chi connectivity index (χ2n) is 7.53. The first-order valence-corrected chi connectivity index (χ1v) is 10.5. The van der Waals surface area contributed by atoms with Crippen LogP contribution in [-0.4, -0.2) is 31.9 Å². The molecule has 32 heavy (non-hydrogen) atoms. The maximum Gasteiger partial charge on any atom is 0.264 e. The molecule has 0 aromatic heterocycles. The first kappa shape index (κ1) is 21.4. The van der Waals surface area contributed by atoms with E-state index in [0.29, 0.717) is 24.5 Å². The number of nitrogens with one attached hydrogen (secondary N) is 1. The summed E-state index contributed by atoms with van der Waals surface area (Å²) < 4.78 is 10.7. The molecule has 3 aromatic carbocycles. The zero-order valence-corrected chi connectivity index (χ0v) is 18.2. The van der Waals surface area contributed by atoms with Crippen LogP contribution in [0.5, 0.6) is 11.5 Å². The van der Waals surface area contributed by atoms with E-state index in [2.05, 4.69) is 34.7 Å². The van der Waals surface area contributed by atoms with Crippen LogP contribution in [0.2, 0.25) is 0 Å². The largest absolute Gasteiger partial charge is 0.497 e. The zero-order chi connectivity index (χ0) is 22.3. The second kappa shape index (κ2) is 10.0. The van der Waals surface area contributed by atoms with Gasteiger partial charge in [-0.3, -0.25) is 4.79 Å². The molecule has 6 nitrogen and oxygen atoms in total. The van der Waals surface area contributed by atoms with Crippen molar-refractivity contribution in [1.29, 1.82) is 0 Å². The topological polar surface area (TPSA) is 69.2 Å². The molecule has 164 valence electrons. The predicted octanol–water partition coefficient (Wildman–Crippen LogP) is 4.30. The van der Waals surface area contributed by atoms with Crippen molar-refractivity contribution in [2.24, 2.45) is 5.16 Å². The minimum atomic E-state index is -0.670. The summed E-state index contributed by atoms with van der Waals surface area (Å²) in [6, 6.07) is 25.8. The van der Waals surface area contributed by atoms with Crippen molar-refractivity contribution in [3.05, 3.63) is 95.6 Å². The zero-order valence-electron chi connectivity index (χ0n) is 18.2. The molecule has 1 N–H and O–H groups in total. The van der Waals surface area contributed by atoms with E-state index < -0.39 is 6.10 Å². The standard InChI is InChI=1S/C26H26N2O4/c1-30-21-13-14-23(31-2)20(15-21)17-27-26(29)24-16-22(28-32-24)25(18-9-5-3-6-10-18)19-11-7-4-8-12-19/h3-15,24-25H,16-17H2,1-2H3,(H,27,29)/t24-/m1/s1. The monoisotopic (exact) mass is 430 g/mol. The van der Waals surface area contributed by atoms with Gasteiger partial charge in [-0.1, -0.05) is 65.8 Å². The minimum absolute atomic E-state index is 0.0614. The van der Waals surface area contributed by atoms with Gasteiger partial charge in [-0.2, -0.15) is 0 Å². The molecule has 3 aromatic rings. The van der Waals surface area contributed by atoms with Gasteiger partial charge >= 0.3 is 0 Å². The van der Waals surface area contributed by atoms with Gasteiger partial charge in [0.25, 0.3) is 5.91 Å². The Morgan fingerprint density at radius 1 is 1.00 bits per heavy atom. The van der Waals surface area contributed by atoms with Crippen LogP contribution < -0.4 is 14.8 Å². The van der Waals surface area contributed by atoms with E-state index in [-0.39, 0.29) is 11.8 Å². The fourth-order valence-electron chi connectivity index (χ4n) is 3.89. The average molecular weight is 431 g/mol. The van der Waals surface area contributed by atoms with Crippen LogP contribution in [-0.2, 0) is 16.2 Å². The number of hydrogen-bond donors (Lipinski definition) is 1. The summed E-state index contributed by atoms with van der Waals surface area (Å²) in [5.41, 5.74) is 3.89. The second-order valence-corrected chi connectivity index (χ2v) is 7.53. The molecule has 6 heteroatoms. The maximum absolute atomic E-state index is 12.8. The fraction of sp³-hybridized carbons (Fsp3) is 0.231. The molecule has 0 aliphatic carbocycles. The van der Waals surface area contributed by atoms with Crippen molar-refractivity contribution in [3.63, 3.8) is 0 Å². The van der Waals surface area contributed by atoms with Gasteiger partial charge in [0, 0.05) is 18.5 Å². The summed E-state index contributed by atoms with van der Waals surface area (Å²) in [5.74, 6) is 1.11. The molecule has 0 saturated carbocycles. The van der Waals surface area contributed by atoms with Crippen LogP contribution in [0.3, 0.4) is 0 Å². The van der Waals surface area contributed by atoms with E-state index in [1.807, 2.05) is 54.6 Å². The molecule has 1 heterocycles. The van der Waals surface area contributed by atoms with E-state index in [0.717, 1.165) is 22.4 Å². The first-order chi connectivity index (χ1) is 15.7. The van der Waals surface area contributed by atoms with Crippen molar-refractivity contribution in [2.45, 2.75) is 25.0 Å². The first-order valence-electron chi connectivity index (χ1n) is 10.5. The number of benzene rings is 3. The van der Waals surface area contributed by atoms with Crippen LogP contribution >= 0.6 is 0 Å². The number of amides is 1. The summed E-state index contributed by atoms with van der Waals surface area (Å²) in [5, 5.41) is 7.25. The fourth-order valence-corrected chi connectivity index (χ4v) is 3.89. The Kier molecular flexibility index (Phi) is 6.70. The lowest BCUT2D eigenvalue weighted by molar-refractivity contribution is -0.131. The van der Waals surface area contributed by atoms with E-state index in [9.17, 15) is 4.79 Å². The number of ether oxygens (including phenoxy) is 2.